The third-order valence-electron chi connectivity index (χ3n) is 4.61. The standard InChI is InChI=1S/C18H21N5O2S.ClH/c1-12-9-17(24)23-18(20-12)26-16(21-23)11-22-8-7-19-10-14(22)13-5-3-4-6-15(13)25-2;/h3-6,9,14,19H,7-8,10-11H2,1-2H3;1H. The number of rotatable bonds is 4. The van der Waals surface area contributed by atoms with Crippen LogP contribution in [-0.4, -0.2) is 46.2 Å². The zero-order valence-electron chi connectivity index (χ0n) is 15.2. The van der Waals surface area contributed by atoms with Crippen LogP contribution in [0.15, 0.2) is 35.1 Å². The molecular weight excluding hydrogens is 386 g/mol. The summed E-state index contributed by atoms with van der Waals surface area (Å²) >= 11 is 1.47. The topological polar surface area (TPSA) is 71.8 Å². The molecule has 1 aromatic carbocycles. The summed E-state index contributed by atoms with van der Waals surface area (Å²) in [5, 5.41) is 8.84. The van der Waals surface area contributed by atoms with Gasteiger partial charge in [-0.1, -0.05) is 29.5 Å². The number of piperazine rings is 1. The Morgan fingerprint density at radius 1 is 1.37 bits per heavy atom. The van der Waals surface area contributed by atoms with Crippen molar-refractivity contribution in [3.8, 4) is 5.75 Å². The average Bonchev–Trinajstić information content (AvgIpc) is 3.05. The Morgan fingerprint density at radius 2 is 2.19 bits per heavy atom. The van der Waals surface area contributed by atoms with E-state index in [1.807, 2.05) is 25.1 Å². The van der Waals surface area contributed by atoms with E-state index < -0.39 is 0 Å². The van der Waals surface area contributed by atoms with Gasteiger partial charge in [-0.3, -0.25) is 9.69 Å². The van der Waals surface area contributed by atoms with E-state index in [0.29, 0.717) is 11.5 Å². The molecule has 9 heteroatoms. The molecule has 7 nitrogen and oxygen atoms in total. The van der Waals surface area contributed by atoms with Crippen molar-refractivity contribution in [2.45, 2.75) is 19.5 Å². The van der Waals surface area contributed by atoms with Gasteiger partial charge in [0.05, 0.1) is 19.7 Å². The second-order valence-electron chi connectivity index (χ2n) is 6.36. The number of hydrogen-bond donors (Lipinski definition) is 1. The lowest BCUT2D eigenvalue weighted by molar-refractivity contribution is 0.150. The van der Waals surface area contributed by atoms with Gasteiger partial charge in [-0.25, -0.2) is 4.98 Å². The molecule has 1 saturated heterocycles. The van der Waals surface area contributed by atoms with Crippen LogP contribution in [0.5, 0.6) is 5.75 Å². The molecular formula is C18H22ClN5O2S. The van der Waals surface area contributed by atoms with Crippen molar-refractivity contribution in [1.29, 1.82) is 0 Å². The number of nitrogens with zero attached hydrogens (tertiary/aromatic N) is 4. The van der Waals surface area contributed by atoms with E-state index in [9.17, 15) is 4.79 Å². The predicted molar refractivity (Wildman–Crippen MR) is 108 cm³/mol. The average molecular weight is 408 g/mol. The fourth-order valence-electron chi connectivity index (χ4n) is 3.38. The van der Waals surface area contributed by atoms with Gasteiger partial charge < -0.3 is 10.1 Å². The summed E-state index contributed by atoms with van der Waals surface area (Å²) in [5.41, 5.74) is 1.75. The third-order valence-corrected chi connectivity index (χ3v) is 5.50. The predicted octanol–water partition coefficient (Wildman–Crippen LogP) is 2.04. The van der Waals surface area contributed by atoms with Gasteiger partial charge in [0.2, 0.25) is 4.96 Å². The van der Waals surface area contributed by atoms with Crippen molar-refractivity contribution in [3.05, 3.63) is 57.0 Å². The molecule has 0 bridgehead atoms. The molecule has 2 aromatic heterocycles. The Labute approximate surface area is 167 Å². The summed E-state index contributed by atoms with van der Waals surface area (Å²) in [6.07, 6.45) is 0. The van der Waals surface area contributed by atoms with E-state index in [0.717, 1.165) is 41.6 Å². The maximum atomic E-state index is 12.1. The summed E-state index contributed by atoms with van der Waals surface area (Å²) in [5.74, 6) is 0.893. The smallest absolute Gasteiger partial charge is 0.275 e. The summed E-state index contributed by atoms with van der Waals surface area (Å²) in [7, 11) is 1.70. The first kappa shape index (κ1) is 19.8. The lowest BCUT2D eigenvalue weighted by Gasteiger charge is -2.36. The van der Waals surface area contributed by atoms with Gasteiger partial charge in [0.1, 0.15) is 10.8 Å². The largest absolute Gasteiger partial charge is 0.496 e. The Morgan fingerprint density at radius 3 is 3.00 bits per heavy atom. The van der Waals surface area contributed by atoms with Crippen LogP contribution in [-0.2, 0) is 6.54 Å². The molecule has 27 heavy (non-hydrogen) atoms. The van der Waals surface area contributed by atoms with E-state index in [1.165, 1.54) is 21.9 Å². The molecule has 0 aliphatic carbocycles. The lowest BCUT2D eigenvalue weighted by atomic mass is 10.0. The second kappa shape index (κ2) is 8.35. The van der Waals surface area contributed by atoms with Crippen LogP contribution in [0.25, 0.3) is 4.96 Å². The highest BCUT2D eigenvalue weighted by molar-refractivity contribution is 7.16. The Hall–Kier alpha value is -2.00. The zero-order valence-corrected chi connectivity index (χ0v) is 16.8. The lowest BCUT2D eigenvalue weighted by Crippen LogP contribution is -2.45. The van der Waals surface area contributed by atoms with Gasteiger partial charge in [-0.15, -0.1) is 12.4 Å². The highest BCUT2D eigenvalue weighted by atomic mass is 35.5. The van der Waals surface area contributed by atoms with Crippen LogP contribution < -0.4 is 15.6 Å². The molecule has 0 amide bonds. The molecule has 1 atom stereocenters. The normalized spacial score (nSPS) is 17.6. The van der Waals surface area contributed by atoms with Gasteiger partial charge in [-0.2, -0.15) is 9.61 Å². The van der Waals surface area contributed by atoms with Crippen LogP contribution in [0, 0.1) is 6.92 Å². The van der Waals surface area contributed by atoms with Crippen molar-refractivity contribution in [2.24, 2.45) is 0 Å². The van der Waals surface area contributed by atoms with E-state index in [1.54, 1.807) is 7.11 Å². The Bertz CT molecular complexity index is 989. The maximum absolute atomic E-state index is 12.1. The van der Waals surface area contributed by atoms with E-state index in [-0.39, 0.29) is 24.0 Å². The maximum Gasteiger partial charge on any atom is 0.275 e. The quantitative estimate of drug-likeness (QED) is 0.713. The molecule has 1 unspecified atom stereocenters. The molecule has 1 aliphatic rings. The minimum absolute atomic E-state index is 0. The van der Waals surface area contributed by atoms with Gasteiger partial charge in [0.15, 0.2) is 0 Å². The zero-order chi connectivity index (χ0) is 18.1. The summed E-state index contributed by atoms with van der Waals surface area (Å²) in [6.45, 7) is 5.18. The second-order valence-corrected chi connectivity index (χ2v) is 7.40. The van der Waals surface area contributed by atoms with Crippen molar-refractivity contribution in [2.75, 3.05) is 26.7 Å². The van der Waals surface area contributed by atoms with Crippen molar-refractivity contribution in [3.63, 3.8) is 0 Å². The first-order valence-corrected chi connectivity index (χ1v) is 9.41. The molecule has 4 rings (SSSR count). The highest BCUT2D eigenvalue weighted by Crippen LogP contribution is 2.31. The van der Waals surface area contributed by atoms with Crippen LogP contribution in [0.3, 0.4) is 0 Å². The van der Waals surface area contributed by atoms with E-state index in [2.05, 4.69) is 26.4 Å². The molecule has 0 saturated carbocycles. The summed E-state index contributed by atoms with van der Waals surface area (Å²) in [4.78, 5) is 19.6. The Balaban J connectivity index is 0.00000210. The van der Waals surface area contributed by atoms with Crippen LogP contribution in [0.4, 0.5) is 0 Å². The van der Waals surface area contributed by atoms with Crippen molar-refractivity contribution in [1.82, 2.24) is 24.8 Å². The van der Waals surface area contributed by atoms with E-state index in [4.69, 9.17) is 4.74 Å². The number of halogens is 1. The SMILES string of the molecule is COc1ccccc1C1CNCCN1Cc1nn2c(=O)cc(C)nc2s1.Cl. The first-order chi connectivity index (χ1) is 12.7. The molecule has 1 fully saturated rings. The summed E-state index contributed by atoms with van der Waals surface area (Å²) in [6, 6.07) is 9.83. The first-order valence-electron chi connectivity index (χ1n) is 8.60. The number of aromatic nitrogens is 3. The molecule has 0 radical (unpaired) electrons. The number of benzene rings is 1. The number of para-hydroxylation sites is 1. The van der Waals surface area contributed by atoms with Gasteiger partial charge >= 0.3 is 0 Å². The van der Waals surface area contributed by atoms with Crippen LogP contribution in [0.2, 0.25) is 0 Å². The van der Waals surface area contributed by atoms with Crippen LogP contribution >= 0.6 is 23.7 Å². The van der Waals surface area contributed by atoms with Crippen LogP contribution in [0.1, 0.15) is 22.3 Å². The number of nitrogens with one attached hydrogen (secondary N) is 1. The van der Waals surface area contributed by atoms with Gasteiger partial charge in [-0.05, 0) is 13.0 Å². The fraction of sp³-hybridized carbons (Fsp3) is 0.389. The molecule has 144 valence electrons. The molecule has 3 aromatic rings. The third kappa shape index (κ3) is 3.98. The monoisotopic (exact) mass is 407 g/mol. The summed E-state index contributed by atoms with van der Waals surface area (Å²) < 4.78 is 6.95. The van der Waals surface area contributed by atoms with Crippen molar-refractivity contribution < 1.29 is 4.74 Å². The van der Waals surface area contributed by atoms with E-state index >= 15 is 0 Å². The minimum atomic E-state index is -0.128. The molecule has 1 N–H and O–H groups in total. The minimum Gasteiger partial charge on any atom is -0.496 e. The fourth-order valence-corrected chi connectivity index (χ4v) is 4.35. The number of ether oxygens (including phenoxy) is 1. The number of hydrogen-bond acceptors (Lipinski definition) is 7. The van der Waals surface area contributed by atoms with Crippen molar-refractivity contribution >= 4 is 28.7 Å². The van der Waals surface area contributed by atoms with Gasteiger partial charge in [0.25, 0.3) is 5.56 Å². The molecule has 3 heterocycles. The number of fused-ring (bicyclic) bond motifs is 1. The van der Waals surface area contributed by atoms with Gasteiger partial charge in [0, 0.05) is 37.0 Å². The highest BCUT2D eigenvalue weighted by Gasteiger charge is 2.27. The number of methoxy groups -OCH3 is 1. The molecule has 1 aliphatic heterocycles. The number of aryl methyl sites for hydroxylation is 1. The molecule has 0 spiro atoms. The Kier molecular flexibility index (Phi) is 6.11.